The van der Waals surface area contributed by atoms with E-state index in [2.05, 4.69) is 11.1 Å². The number of aromatic nitrogens is 1. The van der Waals surface area contributed by atoms with Crippen molar-refractivity contribution in [3.8, 4) is 11.6 Å². The van der Waals surface area contributed by atoms with Crippen LogP contribution in [0.1, 0.15) is 40.7 Å². The number of rotatable bonds is 8. The molecule has 3 aromatic carbocycles. The fourth-order valence-corrected chi connectivity index (χ4v) is 4.38. The summed E-state index contributed by atoms with van der Waals surface area (Å²) in [6.07, 6.45) is 0.0297. The van der Waals surface area contributed by atoms with Gasteiger partial charge in [0.1, 0.15) is 0 Å². The lowest BCUT2D eigenvalue weighted by atomic mass is 10.0. The summed E-state index contributed by atoms with van der Waals surface area (Å²) in [7, 11) is 0. The maximum absolute atomic E-state index is 12.4. The first-order valence-corrected chi connectivity index (χ1v) is 11.6. The molecule has 0 aliphatic heterocycles. The lowest BCUT2D eigenvalue weighted by Gasteiger charge is -2.11. The number of hydrogen-bond donors (Lipinski definition) is 2. The molecule has 6 heteroatoms. The molecule has 1 heterocycles. The molecule has 1 amide bonds. The van der Waals surface area contributed by atoms with Gasteiger partial charge in [-0.15, -0.1) is 0 Å². The minimum atomic E-state index is -0.518. The number of carbonyl (C=O) groups is 2. The summed E-state index contributed by atoms with van der Waals surface area (Å²) in [6, 6.07) is 21.7. The molecule has 6 nitrogen and oxygen atoms in total. The lowest BCUT2D eigenvalue weighted by molar-refractivity contribution is -0.123. The highest BCUT2D eigenvalue weighted by Gasteiger charge is 2.23. The van der Waals surface area contributed by atoms with E-state index < -0.39 is 5.91 Å². The smallest absolute Gasteiger partial charge is 0.217 e. The zero-order valence-corrected chi connectivity index (χ0v) is 20.2. The third-order valence-corrected chi connectivity index (χ3v) is 5.91. The Balaban J connectivity index is 1.94. The average Bonchev–Trinajstić information content (AvgIpc) is 3.09. The number of hydrogen-bond acceptors (Lipinski definition) is 4. The Bertz CT molecular complexity index is 1430. The summed E-state index contributed by atoms with van der Waals surface area (Å²) < 4.78 is 1.84. The van der Waals surface area contributed by atoms with Gasteiger partial charge in [0.2, 0.25) is 11.8 Å². The Kier molecular flexibility index (Phi) is 6.82. The number of nitrogens with two attached hydrogens (primary N) is 1. The molecule has 0 atom stereocenters. The topological polar surface area (TPSA) is 97.7 Å². The van der Waals surface area contributed by atoms with Gasteiger partial charge in [-0.2, -0.15) is 0 Å². The van der Waals surface area contributed by atoms with Crippen LogP contribution >= 0.6 is 0 Å². The quantitative estimate of drug-likeness (QED) is 0.359. The summed E-state index contributed by atoms with van der Waals surface area (Å²) in [5, 5.41) is 12.5. The fourth-order valence-electron chi connectivity index (χ4n) is 4.38. The summed E-state index contributed by atoms with van der Waals surface area (Å²) in [6.45, 7) is 5.96. The number of benzene rings is 3. The highest BCUT2D eigenvalue weighted by Crippen LogP contribution is 2.37. The largest absolute Gasteiger partial charge is 0.494 e. The number of nitrogens with zero attached hydrogens (tertiary/aromatic N) is 2. The molecule has 0 saturated heterocycles. The molecule has 0 radical (unpaired) electrons. The highest BCUT2D eigenvalue weighted by atomic mass is 16.3. The fraction of sp³-hybridized carbons (Fsp3) is 0.207. The first kappa shape index (κ1) is 24.0. The van der Waals surface area contributed by atoms with Gasteiger partial charge in [0.15, 0.2) is 5.78 Å². The number of aryl methyl sites for hydroxylation is 3. The zero-order valence-electron chi connectivity index (χ0n) is 20.2. The van der Waals surface area contributed by atoms with Crippen molar-refractivity contribution in [2.75, 3.05) is 6.54 Å². The summed E-state index contributed by atoms with van der Waals surface area (Å²) >= 11 is 0. The molecule has 4 rings (SSSR count). The Hall–Kier alpha value is -4.19. The molecule has 3 N–H and O–H groups in total. The van der Waals surface area contributed by atoms with Gasteiger partial charge < -0.3 is 10.8 Å². The number of Topliss-reactive ketones (excluding diaryl/α,β-unsaturated/α-hetero) is 1. The van der Waals surface area contributed by atoms with Crippen LogP contribution in [0.25, 0.3) is 16.6 Å². The standard InChI is InChI=1S/C29H29N3O3/c1-18-9-11-24-25(16-18)32(22-14-19(2)13-20(3)15-22)29(35)27(24)28(21-7-5-4-6-8-21)31-17-23(33)10-12-26(30)34/h4-9,11,13-16,35H,10,12,17H2,1-3H3,(H2,30,34). The third-order valence-electron chi connectivity index (χ3n) is 5.91. The average molecular weight is 468 g/mol. The van der Waals surface area contributed by atoms with E-state index in [1.54, 1.807) is 0 Å². The molecule has 0 fully saturated rings. The van der Waals surface area contributed by atoms with Crippen LogP contribution in [0.15, 0.2) is 71.7 Å². The summed E-state index contributed by atoms with van der Waals surface area (Å²) in [5.74, 6) is -0.649. The molecule has 0 aliphatic rings. The van der Waals surface area contributed by atoms with Crippen molar-refractivity contribution in [3.05, 3.63) is 94.5 Å². The number of ketones is 1. The molecular weight excluding hydrogens is 438 g/mol. The first-order chi connectivity index (χ1) is 16.7. The molecule has 0 aliphatic carbocycles. The Morgan fingerprint density at radius 1 is 0.886 bits per heavy atom. The van der Waals surface area contributed by atoms with Crippen molar-refractivity contribution in [2.24, 2.45) is 10.7 Å². The summed E-state index contributed by atoms with van der Waals surface area (Å²) in [4.78, 5) is 28.2. The number of aromatic hydroxyl groups is 1. The highest BCUT2D eigenvalue weighted by molar-refractivity contribution is 6.22. The van der Waals surface area contributed by atoms with Gasteiger partial charge in [-0.05, 0) is 55.7 Å². The number of carbonyl (C=O) groups excluding carboxylic acids is 2. The second-order valence-corrected chi connectivity index (χ2v) is 8.94. The number of amides is 1. The number of primary amides is 1. The van der Waals surface area contributed by atoms with E-state index in [9.17, 15) is 14.7 Å². The van der Waals surface area contributed by atoms with Crippen LogP contribution in [-0.2, 0) is 9.59 Å². The predicted octanol–water partition coefficient (Wildman–Crippen LogP) is 4.93. The van der Waals surface area contributed by atoms with E-state index in [1.807, 2.05) is 86.0 Å². The maximum Gasteiger partial charge on any atom is 0.217 e. The molecule has 0 spiro atoms. The van der Waals surface area contributed by atoms with Crippen LogP contribution in [0.4, 0.5) is 0 Å². The molecule has 178 valence electrons. The van der Waals surface area contributed by atoms with Crippen molar-refractivity contribution >= 4 is 28.3 Å². The van der Waals surface area contributed by atoms with E-state index in [0.29, 0.717) is 11.3 Å². The molecule has 0 unspecified atom stereocenters. The van der Waals surface area contributed by atoms with Crippen molar-refractivity contribution in [3.63, 3.8) is 0 Å². The lowest BCUT2D eigenvalue weighted by Crippen LogP contribution is -2.15. The molecule has 0 saturated carbocycles. The van der Waals surface area contributed by atoms with Gasteiger partial charge in [-0.1, -0.05) is 48.5 Å². The van der Waals surface area contributed by atoms with Crippen LogP contribution in [0, 0.1) is 20.8 Å². The second-order valence-electron chi connectivity index (χ2n) is 8.94. The van der Waals surface area contributed by atoms with Crippen LogP contribution in [-0.4, -0.2) is 33.6 Å². The van der Waals surface area contributed by atoms with E-state index >= 15 is 0 Å². The molecule has 0 bridgehead atoms. The van der Waals surface area contributed by atoms with Crippen LogP contribution < -0.4 is 5.73 Å². The number of aliphatic imine (C=N–C) groups is 1. The second kappa shape index (κ2) is 9.97. The van der Waals surface area contributed by atoms with E-state index in [-0.39, 0.29) is 31.0 Å². The minimum absolute atomic E-state index is 0.00837. The van der Waals surface area contributed by atoms with E-state index in [4.69, 9.17) is 5.73 Å². The van der Waals surface area contributed by atoms with E-state index in [1.165, 1.54) is 0 Å². The van der Waals surface area contributed by atoms with E-state index in [0.717, 1.165) is 38.8 Å². The van der Waals surface area contributed by atoms with Crippen molar-refractivity contribution < 1.29 is 14.7 Å². The Morgan fingerprint density at radius 2 is 1.57 bits per heavy atom. The number of fused-ring (bicyclic) bond motifs is 1. The zero-order chi connectivity index (χ0) is 25.1. The van der Waals surface area contributed by atoms with Crippen LogP contribution in [0.2, 0.25) is 0 Å². The van der Waals surface area contributed by atoms with Crippen molar-refractivity contribution in [2.45, 2.75) is 33.6 Å². The van der Waals surface area contributed by atoms with Crippen molar-refractivity contribution in [1.29, 1.82) is 0 Å². The third kappa shape index (κ3) is 5.17. The van der Waals surface area contributed by atoms with Crippen LogP contribution in [0.3, 0.4) is 0 Å². The molecule has 1 aromatic heterocycles. The van der Waals surface area contributed by atoms with Crippen molar-refractivity contribution in [1.82, 2.24) is 4.57 Å². The Labute approximate surface area is 204 Å². The predicted molar refractivity (Wildman–Crippen MR) is 140 cm³/mol. The Morgan fingerprint density at radius 3 is 2.23 bits per heavy atom. The van der Waals surface area contributed by atoms with Gasteiger partial charge in [0.25, 0.3) is 0 Å². The minimum Gasteiger partial charge on any atom is -0.494 e. The molecule has 4 aromatic rings. The molecule has 35 heavy (non-hydrogen) atoms. The van der Waals surface area contributed by atoms with Gasteiger partial charge in [-0.25, -0.2) is 0 Å². The normalized spacial score (nSPS) is 11.7. The first-order valence-electron chi connectivity index (χ1n) is 11.6. The van der Waals surface area contributed by atoms with Crippen LogP contribution in [0.5, 0.6) is 5.88 Å². The van der Waals surface area contributed by atoms with Gasteiger partial charge in [0.05, 0.1) is 23.3 Å². The maximum atomic E-state index is 12.4. The van der Waals surface area contributed by atoms with Gasteiger partial charge in [0, 0.05) is 29.5 Å². The molecular formula is C29H29N3O3. The monoisotopic (exact) mass is 467 g/mol. The SMILES string of the molecule is Cc1cc(C)cc(-n2c(O)c(C(=NCC(=O)CCC(N)=O)c3ccccc3)c3ccc(C)cc32)c1. The summed E-state index contributed by atoms with van der Waals surface area (Å²) in [5.41, 5.74) is 12.0. The van der Waals surface area contributed by atoms with Gasteiger partial charge >= 0.3 is 0 Å². The van der Waals surface area contributed by atoms with Gasteiger partial charge in [-0.3, -0.25) is 19.1 Å².